The highest BCUT2D eigenvalue weighted by Crippen LogP contribution is 2.27. The molecule has 26 heavy (non-hydrogen) atoms. The molecule has 3 heterocycles. The van der Waals surface area contributed by atoms with Crippen LogP contribution in [0.2, 0.25) is 0 Å². The van der Waals surface area contributed by atoms with Crippen LogP contribution in [0, 0.1) is 0 Å². The topological polar surface area (TPSA) is 54.6 Å². The van der Waals surface area contributed by atoms with Crippen LogP contribution in [0.15, 0.2) is 54.0 Å². The molecule has 7 heteroatoms. The molecule has 0 atom stereocenters. The molecular weight excluding hydrogens is 346 g/mol. The predicted octanol–water partition coefficient (Wildman–Crippen LogP) is 1.08. The summed E-state index contributed by atoms with van der Waals surface area (Å²) < 4.78 is 1.78. The normalized spacial score (nSPS) is 15.9. The predicted molar refractivity (Wildman–Crippen MR) is 103 cm³/mol. The smallest absolute Gasteiger partial charge is 0.269 e. The summed E-state index contributed by atoms with van der Waals surface area (Å²) in [5.74, 6) is -0.102. The Balaban J connectivity index is 1.63. The minimum Gasteiger partial charge on any atom is -0.335 e. The molecule has 3 aromatic rings. The number of nitrogens with one attached hydrogen (secondary N) is 2. The van der Waals surface area contributed by atoms with Gasteiger partial charge in [0.2, 0.25) is 0 Å². The average molecular weight is 368 g/mol. The van der Waals surface area contributed by atoms with Gasteiger partial charge in [-0.1, -0.05) is 24.3 Å². The number of amides is 1. The second-order valence-electron chi connectivity index (χ2n) is 6.53. The first-order chi connectivity index (χ1) is 12.7. The Bertz CT molecular complexity index is 867. The van der Waals surface area contributed by atoms with Gasteiger partial charge in [-0.2, -0.15) is 5.10 Å². The van der Waals surface area contributed by atoms with E-state index in [2.05, 4.69) is 12.5 Å². The van der Waals surface area contributed by atoms with Gasteiger partial charge in [-0.25, -0.2) is 9.69 Å². The van der Waals surface area contributed by atoms with E-state index in [-0.39, 0.29) is 5.91 Å². The SMILES string of the molecule is C[NH+]1CCN(NC(=O)c2cn(-c3ccccc3)nc2-c2cccs2)CC1. The number of thiophene rings is 1. The molecular formula is C19H22N5OS+. The van der Waals surface area contributed by atoms with Crippen LogP contribution in [0.25, 0.3) is 16.3 Å². The second kappa shape index (κ2) is 7.41. The Morgan fingerprint density at radius 2 is 1.92 bits per heavy atom. The minimum atomic E-state index is -0.102. The highest BCUT2D eigenvalue weighted by atomic mass is 32.1. The van der Waals surface area contributed by atoms with Gasteiger partial charge in [-0.05, 0) is 23.6 Å². The fraction of sp³-hybridized carbons (Fsp3) is 0.263. The van der Waals surface area contributed by atoms with Crippen LogP contribution in [0.4, 0.5) is 0 Å². The van der Waals surface area contributed by atoms with E-state index in [0.29, 0.717) is 5.56 Å². The van der Waals surface area contributed by atoms with E-state index in [1.54, 1.807) is 16.0 Å². The van der Waals surface area contributed by atoms with Crippen molar-refractivity contribution in [3.63, 3.8) is 0 Å². The van der Waals surface area contributed by atoms with E-state index in [0.717, 1.165) is 42.4 Å². The molecule has 0 spiro atoms. The van der Waals surface area contributed by atoms with Gasteiger partial charge in [-0.3, -0.25) is 10.2 Å². The van der Waals surface area contributed by atoms with Crippen molar-refractivity contribution in [2.45, 2.75) is 0 Å². The number of rotatable bonds is 4. The van der Waals surface area contributed by atoms with Gasteiger partial charge in [0.25, 0.3) is 5.91 Å². The Hall–Kier alpha value is -2.48. The van der Waals surface area contributed by atoms with Gasteiger partial charge in [0.1, 0.15) is 5.69 Å². The van der Waals surface area contributed by atoms with Crippen molar-refractivity contribution in [1.82, 2.24) is 20.2 Å². The summed E-state index contributed by atoms with van der Waals surface area (Å²) >= 11 is 1.59. The first kappa shape index (κ1) is 17.0. The fourth-order valence-corrected chi connectivity index (χ4v) is 3.78. The number of carbonyl (C=O) groups is 1. The zero-order valence-corrected chi connectivity index (χ0v) is 15.5. The van der Waals surface area contributed by atoms with Crippen LogP contribution in [-0.4, -0.2) is 53.9 Å². The number of nitrogens with zero attached hydrogens (tertiary/aromatic N) is 3. The number of quaternary nitrogens is 1. The maximum absolute atomic E-state index is 12.9. The second-order valence-corrected chi connectivity index (χ2v) is 7.48. The minimum absolute atomic E-state index is 0.102. The van der Waals surface area contributed by atoms with Crippen LogP contribution in [0.5, 0.6) is 0 Å². The van der Waals surface area contributed by atoms with Crippen LogP contribution >= 0.6 is 11.3 Å². The summed E-state index contributed by atoms with van der Waals surface area (Å²) in [6.45, 7) is 3.78. The zero-order chi connectivity index (χ0) is 17.9. The molecule has 1 amide bonds. The molecule has 2 N–H and O–H groups in total. The van der Waals surface area contributed by atoms with Crippen LogP contribution in [0.3, 0.4) is 0 Å². The number of hydrogen-bond acceptors (Lipinski definition) is 4. The number of benzene rings is 1. The summed E-state index contributed by atoms with van der Waals surface area (Å²) in [4.78, 5) is 15.4. The standard InChI is InChI=1S/C19H21N5OS/c1-22-9-11-23(12-10-22)21-19(25)16-14-24(15-6-3-2-4-7-15)20-18(16)17-8-5-13-26-17/h2-8,13-14H,9-12H2,1H3,(H,21,25)/p+1. The van der Waals surface area contributed by atoms with Crippen molar-refractivity contribution in [2.24, 2.45) is 0 Å². The molecule has 0 aliphatic carbocycles. The Labute approximate surface area is 156 Å². The van der Waals surface area contributed by atoms with E-state index >= 15 is 0 Å². The molecule has 1 aliphatic rings. The first-order valence-corrected chi connectivity index (χ1v) is 9.65. The molecule has 0 unspecified atom stereocenters. The van der Waals surface area contributed by atoms with Gasteiger partial charge in [0, 0.05) is 6.20 Å². The fourth-order valence-electron chi connectivity index (χ4n) is 3.05. The number of para-hydroxylation sites is 1. The number of piperazine rings is 1. The molecule has 1 saturated heterocycles. The number of carbonyl (C=O) groups excluding carboxylic acids is 1. The van der Waals surface area contributed by atoms with Crippen LogP contribution in [0.1, 0.15) is 10.4 Å². The molecule has 0 radical (unpaired) electrons. The third kappa shape index (κ3) is 3.55. The van der Waals surface area contributed by atoms with Crippen molar-refractivity contribution < 1.29 is 9.69 Å². The van der Waals surface area contributed by atoms with Crippen molar-refractivity contribution in [3.05, 3.63) is 59.6 Å². The van der Waals surface area contributed by atoms with Crippen molar-refractivity contribution in [1.29, 1.82) is 0 Å². The summed E-state index contributed by atoms with van der Waals surface area (Å²) in [7, 11) is 2.18. The maximum Gasteiger partial charge on any atom is 0.269 e. The van der Waals surface area contributed by atoms with E-state index in [9.17, 15) is 4.79 Å². The largest absolute Gasteiger partial charge is 0.335 e. The molecule has 2 aromatic heterocycles. The number of hydrogen-bond donors (Lipinski definition) is 2. The Kier molecular flexibility index (Phi) is 4.83. The molecule has 0 bridgehead atoms. The summed E-state index contributed by atoms with van der Waals surface area (Å²) in [5.41, 5.74) is 5.32. The summed E-state index contributed by atoms with van der Waals surface area (Å²) in [6.07, 6.45) is 1.82. The summed E-state index contributed by atoms with van der Waals surface area (Å²) in [5, 5.41) is 8.70. The first-order valence-electron chi connectivity index (χ1n) is 8.77. The lowest BCUT2D eigenvalue weighted by molar-refractivity contribution is -0.884. The van der Waals surface area contributed by atoms with E-state index in [1.807, 2.05) is 59.1 Å². The Morgan fingerprint density at radius 1 is 1.15 bits per heavy atom. The van der Waals surface area contributed by atoms with Gasteiger partial charge in [0.05, 0.1) is 49.4 Å². The molecule has 1 aromatic carbocycles. The quantitative estimate of drug-likeness (QED) is 0.725. The molecule has 6 nitrogen and oxygen atoms in total. The molecule has 4 rings (SSSR count). The van der Waals surface area contributed by atoms with Crippen molar-refractivity contribution >= 4 is 17.2 Å². The number of aromatic nitrogens is 2. The van der Waals surface area contributed by atoms with E-state index in [1.165, 1.54) is 4.90 Å². The van der Waals surface area contributed by atoms with Crippen LogP contribution in [-0.2, 0) is 0 Å². The third-order valence-electron chi connectivity index (χ3n) is 4.61. The van der Waals surface area contributed by atoms with E-state index < -0.39 is 0 Å². The number of likely N-dealkylation sites (N-methyl/N-ethyl adjacent to an activating group) is 1. The van der Waals surface area contributed by atoms with E-state index in [4.69, 9.17) is 5.10 Å². The van der Waals surface area contributed by atoms with Crippen molar-refractivity contribution in [3.8, 4) is 16.3 Å². The lowest BCUT2D eigenvalue weighted by Crippen LogP contribution is -3.12. The zero-order valence-electron chi connectivity index (χ0n) is 14.7. The van der Waals surface area contributed by atoms with Crippen LogP contribution < -0.4 is 10.3 Å². The molecule has 1 aliphatic heterocycles. The van der Waals surface area contributed by atoms with Gasteiger partial charge >= 0.3 is 0 Å². The summed E-state index contributed by atoms with van der Waals surface area (Å²) in [6, 6.07) is 13.8. The molecule has 134 valence electrons. The number of hydrazine groups is 1. The molecule has 1 fully saturated rings. The van der Waals surface area contributed by atoms with Gasteiger partial charge < -0.3 is 4.90 Å². The molecule has 0 saturated carbocycles. The lowest BCUT2D eigenvalue weighted by atomic mass is 10.2. The maximum atomic E-state index is 12.9. The average Bonchev–Trinajstić information content (AvgIpc) is 3.34. The highest BCUT2D eigenvalue weighted by molar-refractivity contribution is 7.13. The van der Waals surface area contributed by atoms with Crippen molar-refractivity contribution in [2.75, 3.05) is 33.2 Å². The van der Waals surface area contributed by atoms with Gasteiger partial charge in [0.15, 0.2) is 0 Å². The van der Waals surface area contributed by atoms with Gasteiger partial charge in [-0.15, -0.1) is 11.3 Å². The Morgan fingerprint density at radius 3 is 2.62 bits per heavy atom. The lowest BCUT2D eigenvalue weighted by Gasteiger charge is -2.29. The monoisotopic (exact) mass is 368 g/mol. The highest BCUT2D eigenvalue weighted by Gasteiger charge is 2.23. The third-order valence-corrected chi connectivity index (χ3v) is 5.49.